The summed E-state index contributed by atoms with van der Waals surface area (Å²) in [6.07, 6.45) is 1.14. The van der Waals surface area contributed by atoms with Gasteiger partial charge in [-0.3, -0.25) is 24.5 Å². The van der Waals surface area contributed by atoms with Crippen molar-refractivity contribution in [1.82, 2.24) is 25.3 Å². The van der Waals surface area contributed by atoms with Gasteiger partial charge >= 0.3 is 0 Å². The molecule has 1 aromatic heterocycles. The van der Waals surface area contributed by atoms with Crippen LogP contribution in [0.1, 0.15) is 37.8 Å². The zero-order valence-electron chi connectivity index (χ0n) is 19.7. The van der Waals surface area contributed by atoms with Crippen molar-refractivity contribution in [3.63, 3.8) is 0 Å². The van der Waals surface area contributed by atoms with Crippen LogP contribution in [0.4, 0.5) is 14.5 Å². The number of carbonyl (C=O) groups excluding carboxylic acids is 2. The van der Waals surface area contributed by atoms with E-state index in [1.54, 1.807) is 16.6 Å². The van der Waals surface area contributed by atoms with Gasteiger partial charge in [0.2, 0.25) is 11.8 Å². The number of hydrogen-bond donors (Lipinski definition) is 2. The maximum absolute atomic E-state index is 15.2. The number of halogens is 2. The Hall–Kier alpha value is -2.59. The summed E-state index contributed by atoms with van der Waals surface area (Å²) in [7, 11) is 1.79. The maximum atomic E-state index is 15.2. The van der Waals surface area contributed by atoms with Crippen LogP contribution in [-0.4, -0.2) is 77.7 Å². The van der Waals surface area contributed by atoms with Crippen LogP contribution in [0.15, 0.2) is 18.2 Å². The Bertz CT molecular complexity index is 1100. The van der Waals surface area contributed by atoms with Crippen molar-refractivity contribution < 1.29 is 18.4 Å². The molecule has 2 aromatic rings. The highest BCUT2D eigenvalue weighted by Crippen LogP contribution is 2.38. The lowest BCUT2D eigenvalue weighted by molar-refractivity contribution is -0.134. The Balaban J connectivity index is 1.33. The summed E-state index contributed by atoms with van der Waals surface area (Å²) in [6.45, 7) is 5.29. The zero-order chi connectivity index (χ0) is 24.0. The van der Waals surface area contributed by atoms with Crippen LogP contribution < -0.4 is 15.5 Å². The summed E-state index contributed by atoms with van der Waals surface area (Å²) in [5.74, 6) is -4.51. The van der Waals surface area contributed by atoms with Crippen molar-refractivity contribution in [2.45, 2.75) is 44.1 Å². The smallest absolute Gasteiger partial charge is 0.269 e. The highest BCUT2D eigenvalue weighted by molar-refractivity contribution is 6.02. The van der Waals surface area contributed by atoms with Gasteiger partial charge in [0.15, 0.2) is 0 Å². The lowest BCUT2D eigenvalue weighted by Gasteiger charge is -2.43. The Labute approximate surface area is 197 Å². The molecule has 3 saturated heterocycles. The minimum Gasteiger partial charge on any atom is -0.365 e. The van der Waals surface area contributed by atoms with E-state index in [4.69, 9.17) is 0 Å². The summed E-state index contributed by atoms with van der Waals surface area (Å²) in [5, 5.41) is 11.1. The van der Waals surface area contributed by atoms with Gasteiger partial charge in [0.1, 0.15) is 0 Å². The van der Waals surface area contributed by atoms with Crippen molar-refractivity contribution in [3.05, 3.63) is 23.9 Å². The van der Waals surface area contributed by atoms with E-state index in [2.05, 4.69) is 27.6 Å². The Kier molecular flexibility index (Phi) is 6.05. The molecule has 1 aromatic carbocycles. The van der Waals surface area contributed by atoms with E-state index < -0.39 is 17.8 Å². The standard InChI is InChI=1S/C24H32F2N6O2/c1-15-12-27-8-10-31(15)13-16-7-9-32(14-24(16,25)26)17-3-4-18-20(11-17)30(2)29-22(18)19-5-6-21(33)28-23(19)34/h3-4,11,15-16,19,27H,5-10,12-14H2,1-2H3,(H,28,33,34)/t15-,16?,19?/m0/s1. The number of hydrogen-bond acceptors (Lipinski definition) is 6. The molecule has 8 nitrogen and oxygen atoms in total. The molecular formula is C24H32F2N6O2. The van der Waals surface area contributed by atoms with Gasteiger partial charge in [0.05, 0.1) is 23.7 Å². The molecule has 34 heavy (non-hydrogen) atoms. The van der Waals surface area contributed by atoms with Gasteiger partial charge in [-0.2, -0.15) is 5.10 Å². The molecule has 184 valence electrons. The molecule has 2 N–H and O–H groups in total. The van der Waals surface area contributed by atoms with Crippen LogP contribution in [0.5, 0.6) is 0 Å². The van der Waals surface area contributed by atoms with E-state index in [1.807, 2.05) is 18.2 Å². The molecule has 0 saturated carbocycles. The zero-order valence-corrected chi connectivity index (χ0v) is 19.7. The quantitative estimate of drug-likeness (QED) is 0.659. The van der Waals surface area contributed by atoms with E-state index >= 15 is 8.78 Å². The minimum absolute atomic E-state index is 0.264. The van der Waals surface area contributed by atoms with Crippen molar-refractivity contribution in [1.29, 1.82) is 0 Å². The first-order valence-corrected chi connectivity index (χ1v) is 12.1. The van der Waals surface area contributed by atoms with Gasteiger partial charge in [-0.05, 0) is 38.0 Å². The molecule has 3 aliphatic heterocycles. The third kappa shape index (κ3) is 4.29. The largest absolute Gasteiger partial charge is 0.365 e. The summed E-state index contributed by atoms with van der Waals surface area (Å²) in [6, 6.07) is 5.86. The number of piperazine rings is 1. The lowest BCUT2D eigenvalue weighted by Crippen LogP contribution is -2.56. The van der Waals surface area contributed by atoms with E-state index in [1.165, 1.54) is 0 Å². The lowest BCUT2D eigenvalue weighted by atomic mass is 9.90. The van der Waals surface area contributed by atoms with Gasteiger partial charge < -0.3 is 10.2 Å². The highest BCUT2D eigenvalue weighted by atomic mass is 19.3. The fourth-order valence-electron chi connectivity index (χ4n) is 5.55. The Morgan fingerprint density at radius 2 is 2.03 bits per heavy atom. The number of aromatic nitrogens is 2. The number of nitrogens with one attached hydrogen (secondary N) is 2. The van der Waals surface area contributed by atoms with Gasteiger partial charge in [0, 0.05) is 69.2 Å². The number of benzene rings is 1. The van der Waals surface area contributed by atoms with Crippen molar-refractivity contribution in [2.24, 2.45) is 13.0 Å². The second-order valence-corrected chi connectivity index (χ2v) is 9.93. The van der Waals surface area contributed by atoms with Crippen LogP contribution in [0.2, 0.25) is 0 Å². The molecule has 0 spiro atoms. The fraction of sp³-hybridized carbons (Fsp3) is 0.625. The number of rotatable bonds is 4. The van der Waals surface area contributed by atoms with Gasteiger partial charge in [-0.25, -0.2) is 8.78 Å². The average Bonchev–Trinajstić information content (AvgIpc) is 3.12. The first kappa shape index (κ1) is 23.2. The SMILES string of the molecule is C[C@H]1CNCCN1CC1CCN(c2ccc3c(C4CCC(=O)NC4=O)nn(C)c3c2)CC1(F)F. The van der Waals surface area contributed by atoms with Crippen LogP contribution in [-0.2, 0) is 16.6 Å². The Morgan fingerprint density at radius 3 is 2.76 bits per heavy atom. The summed E-state index contributed by atoms with van der Waals surface area (Å²) < 4.78 is 32.1. The van der Waals surface area contributed by atoms with Crippen LogP contribution in [0, 0.1) is 5.92 Å². The fourth-order valence-corrected chi connectivity index (χ4v) is 5.55. The van der Waals surface area contributed by atoms with Gasteiger partial charge in [-0.1, -0.05) is 0 Å². The normalized spacial score (nSPS) is 28.4. The third-order valence-electron chi connectivity index (χ3n) is 7.64. The predicted octanol–water partition coefficient (Wildman–Crippen LogP) is 1.85. The number of amides is 2. The van der Waals surface area contributed by atoms with Crippen molar-refractivity contribution in [2.75, 3.05) is 44.2 Å². The molecule has 0 radical (unpaired) electrons. The van der Waals surface area contributed by atoms with E-state index in [9.17, 15) is 9.59 Å². The molecule has 2 amide bonds. The molecule has 2 unspecified atom stereocenters. The molecule has 4 heterocycles. The molecule has 5 rings (SSSR count). The third-order valence-corrected chi connectivity index (χ3v) is 7.64. The minimum atomic E-state index is -2.78. The number of imide groups is 1. The molecule has 3 atom stereocenters. The number of carbonyl (C=O) groups is 2. The summed E-state index contributed by atoms with van der Waals surface area (Å²) in [4.78, 5) is 27.8. The van der Waals surface area contributed by atoms with Crippen LogP contribution in [0.25, 0.3) is 10.9 Å². The molecular weight excluding hydrogens is 442 g/mol. The van der Waals surface area contributed by atoms with Crippen molar-refractivity contribution >= 4 is 28.4 Å². The topological polar surface area (TPSA) is 82.5 Å². The second kappa shape index (κ2) is 8.88. The number of piperidine rings is 2. The highest BCUT2D eigenvalue weighted by Gasteiger charge is 2.45. The van der Waals surface area contributed by atoms with Crippen LogP contribution >= 0.6 is 0 Å². The summed E-state index contributed by atoms with van der Waals surface area (Å²) >= 11 is 0. The molecule has 3 fully saturated rings. The van der Waals surface area contributed by atoms with E-state index in [0.717, 1.165) is 36.2 Å². The number of alkyl halides is 2. The van der Waals surface area contributed by atoms with Crippen LogP contribution in [0.3, 0.4) is 0 Å². The molecule has 0 aliphatic carbocycles. The first-order chi connectivity index (χ1) is 16.2. The van der Waals surface area contributed by atoms with E-state index in [-0.39, 0.29) is 30.8 Å². The first-order valence-electron chi connectivity index (χ1n) is 12.1. The monoisotopic (exact) mass is 474 g/mol. The Morgan fingerprint density at radius 1 is 1.21 bits per heavy atom. The second-order valence-electron chi connectivity index (χ2n) is 9.93. The number of aryl methyl sites for hydroxylation is 1. The molecule has 3 aliphatic rings. The van der Waals surface area contributed by atoms with E-state index in [0.29, 0.717) is 31.6 Å². The average molecular weight is 475 g/mol. The number of anilines is 1. The summed E-state index contributed by atoms with van der Waals surface area (Å²) in [5.41, 5.74) is 2.15. The number of fused-ring (bicyclic) bond motifs is 1. The molecule has 10 heteroatoms. The maximum Gasteiger partial charge on any atom is 0.269 e. The number of nitrogens with zero attached hydrogens (tertiary/aromatic N) is 4. The molecule has 0 bridgehead atoms. The van der Waals surface area contributed by atoms with Crippen molar-refractivity contribution in [3.8, 4) is 0 Å². The van der Waals surface area contributed by atoms with Gasteiger partial charge in [0.25, 0.3) is 5.92 Å². The predicted molar refractivity (Wildman–Crippen MR) is 125 cm³/mol. The van der Waals surface area contributed by atoms with Gasteiger partial charge in [-0.15, -0.1) is 0 Å².